The van der Waals surface area contributed by atoms with E-state index in [-0.39, 0.29) is 31.6 Å². The summed E-state index contributed by atoms with van der Waals surface area (Å²) in [5.74, 6) is -6.67. The molecule has 0 aliphatic rings. The molecular formula is C49H59N11O10. The molecule has 3 aromatic carbocycles. The molecule has 0 fully saturated rings. The Morgan fingerprint density at radius 1 is 0.514 bits per heavy atom. The van der Waals surface area contributed by atoms with Crippen molar-refractivity contribution in [2.75, 3.05) is 19.7 Å². The summed E-state index contributed by atoms with van der Waals surface area (Å²) < 4.78 is 0. The number of aliphatic carboxylic acids is 1. The molecule has 6 atom stereocenters. The van der Waals surface area contributed by atoms with Crippen LogP contribution in [-0.4, -0.2) is 128 Å². The maximum atomic E-state index is 14.4. The van der Waals surface area contributed by atoms with E-state index in [0.717, 1.165) is 32.7 Å². The minimum Gasteiger partial charge on any atom is -0.480 e. The highest BCUT2D eigenvalue weighted by molar-refractivity contribution is 5.97. The van der Waals surface area contributed by atoms with Crippen LogP contribution in [0.5, 0.6) is 0 Å². The SMILES string of the molecule is CC(C)C[C@H](NC(=O)[C@H](Cc1c[nH]c2ccccc12)NC(=O)CNC(=O)CNC(=O)[C@H](Cc1c[nH]c2ccccc12)NC(=O)[C@H](Cc1c[nH]c2ccccc12)NC(=O)[C@H](C)NC(=O)[C@@H](N)CO)C(=O)O. The van der Waals surface area contributed by atoms with Crippen molar-refractivity contribution in [3.8, 4) is 0 Å². The van der Waals surface area contributed by atoms with Crippen LogP contribution in [0.2, 0.25) is 0 Å². The Labute approximate surface area is 401 Å². The van der Waals surface area contributed by atoms with Gasteiger partial charge in [0.1, 0.15) is 36.3 Å². The summed E-state index contributed by atoms with van der Waals surface area (Å²) in [5, 5.41) is 39.4. The maximum absolute atomic E-state index is 14.4. The van der Waals surface area contributed by atoms with Gasteiger partial charge in [0, 0.05) is 70.6 Å². The predicted octanol–water partition coefficient (Wildman–Crippen LogP) is 0.285. The zero-order valence-electron chi connectivity index (χ0n) is 38.9. The van der Waals surface area contributed by atoms with Crippen molar-refractivity contribution >= 4 is 80.0 Å². The van der Waals surface area contributed by atoms with Gasteiger partial charge in [-0.2, -0.15) is 0 Å². The molecule has 6 rings (SSSR count). The van der Waals surface area contributed by atoms with Gasteiger partial charge >= 0.3 is 5.97 Å². The number of hydrogen-bond acceptors (Lipinski definition) is 10. The zero-order chi connectivity index (χ0) is 50.5. The number of H-pyrrole nitrogens is 3. The number of fused-ring (bicyclic) bond motifs is 3. The molecule has 0 spiro atoms. The molecule has 3 aromatic heterocycles. The summed E-state index contributed by atoms with van der Waals surface area (Å²) in [4.78, 5) is 116. The predicted molar refractivity (Wildman–Crippen MR) is 260 cm³/mol. The number of carbonyl (C=O) groups is 8. The summed E-state index contributed by atoms with van der Waals surface area (Å²) >= 11 is 0. The Morgan fingerprint density at radius 3 is 1.39 bits per heavy atom. The highest BCUT2D eigenvalue weighted by atomic mass is 16.4. The second-order valence-corrected chi connectivity index (χ2v) is 17.5. The van der Waals surface area contributed by atoms with Crippen molar-refractivity contribution in [2.24, 2.45) is 11.7 Å². The van der Waals surface area contributed by atoms with Crippen LogP contribution >= 0.6 is 0 Å². The number of aromatic nitrogens is 3. The van der Waals surface area contributed by atoms with Crippen molar-refractivity contribution in [3.63, 3.8) is 0 Å². The van der Waals surface area contributed by atoms with Gasteiger partial charge < -0.3 is 68.1 Å². The fourth-order valence-corrected chi connectivity index (χ4v) is 7.97. The fourth-order valence-electron chi connectivity index (χ4n) is 7.97. The third-order valence-corrected chi connectivity index (χ3v) is 11.7. The van der Waals surface area contributed by atoms with Gasteiger partial charge in [-0.3, -0.25) is 33.6 Å². The Morgan fingerprint density at radius 2 is 0.929 bits per heavy atom. The van der Waals surface area contributed by atoms with Gasteiger partial charge in [0.25, 0.3) is 0 Å². The van der Waals surface area contributed by atoms with Crippen molar-refractivity contribution < 1.29 is 48.6 Å². The van der Waals surface area contributed by atoms with Gasteiger partial charge in [-0.1, -0.05) is 68.4 Å². The smallest absolute Gasteiger partial charge is 0.326 e. The van der Waals surface area contributed by atoms with E-state index in [2.05, 4.69) is 52.2 Å². The van der Waals surface area contributed by atoms with E-state index in [4.69, 9.17) is 5.73 Å². The molecule has 0 saturated carbocycles. The topological polar surface area (TPSA) is 335 Å². The molecule has 0 aliphatic heterocycles. The summed E-state index contributed by atoms with van der Waals surface area (Å²) in [6, 6.07) is 14.4. The van der Waals surface area contributed by atoms with Gasteiger partial charge in [-0.25, -0.2) is 4.79 Å². The quantitative estimate of drug-likeness (QED) is 0.0391. The molecule has 21 heteroatoms. The van der Waals surface area contributed by atoms with E-state index in [1.807, 2.05) is 86.6 Å². The van der Waals surface area contributed by atoms with Gasteiger partial charge in [0.2, 0.25) is 41.4 Å². The van der Waals surface area contributed by atoms with E-state index in [0.29, 0.717) is 16.7 Å². The van der Waals surface area contributed by atoms with E-state index in [9.17, 15) is 48.6 Å². The molecule has 70 heavy (non-hydrogen) atoms. The lowest BCUT2D eigenvalue weighted by Gasteiger charge is -2.25. The number of aliphatic hydroxyl groups is 1. The van der Waals surface area contributed by atoms with Gasteiger partial charge in [0.05, 0.1) is 19.7 Å². The molecule has 3 heterocycles. The molecule has 14 N–H and O–H groups in total. The number of nitrogens with two attached hydrogens (primary N) is 1. The molecule has 0 bridgehead atoms. The number of para-hydroxylation sites is 3. The van der Waals surface area contributed by atoms with Gasteiger partial charge in [-0.15, -0.1) is 0 Å². The van der Waals surface area contributed by atoms with Crippen molar-refractivity contribution in [1.29, 1.82) is 0 Å². The first-order valence-corrected chi connectivity index (χ1v) is 22.8. The summed E-state index contributed by atoms with van der Waals surface area (Å²) in [6.45, 7) is 3.10. The van der Waals surface area contributed by atoms with E-state index in [1.54, 1.807) is 18.6 Å². The number of carboxylic acid groups (broad SMARTS) is 1. The number of carboxylic acids is 1. The third kappa shape index (κ3) is 13.6. The largest absolute Gasteiger partial charge is 0.480 e. The lowest BCUT2D eigenvalue weighted by Crippen LogP contribution is -2.58. The Balaban J connectivity index is 1.15. The highest BCUT2D eigenvalue weighted by Crippen LogP contribution is 2.22. The minimum absolute atomic E-state index is 0.00954. The van der Waals surface area contributed by atoms with Crippen LogP contribution in [0, 0.1) is 5.92 Å². The number of nitrogens with one attached hydrogen (secondary N) is 10. The standard InChI is InChI=1S/C49H59N11O10/c1-26(2)16-41(49(69)70)60-47(67)39(18-29-21-52-36-14-8-5-11-32(29)36)57-43(63)24-54-42(62)23-55-46(66)38(17-28-20-51-35-13-7-4-10-31(28)35)59-48(68)40(19-30-22-53-37-15-9-6-12-33(30)37)58-44(64)27(3)56-45(65)34(50)25-61/h4-15,20-22,26-27,34,38-41,51-53,61H,16-19,23-25,50H2,1-3H3,(H,54,62)(H,55,66)(H,56,65)(H,57,63)(H,58,64)(H,59,68)(H,60,67)(H,69,70)/t27-,34-,38-,39-,40-,41-/m0/s1. The minimum atomic E-state index is -1.32. The number of amides is 7. The Hall–Kier alpha value is -8.04. The number of aromatic amines is 3. The average Bonchev–Trinajstić information content (AvgIpc) is 4.08. The third-order valence-electron chi connectivity index (χ3n) is 11.7. The monoisotopic (exact) mass is 961 g/mol. The fraction of sp³-hybridized carbons (Fsp3) is 0.347. The first-order valence-electron chi connectivity index (χ1n) is 22.8. The maximum Gasteiger partial charge on any atom is 0.326 e. The van der Waals surface area contributed by atoms with Gasteiger partial charge in [0.15, 0.2) is 0 Å². The number of carbonyl (C=O) groups excluding carboxylic acids is 7. The van der Waals surface area contributed by atoms with Crippen LogP contribution in [0.4, 0.5) is 0 Å². The number of hydrogen-bond donors (Lipinski definition) is 13. The lowest BCUT2D eigenvalue weighted by molar-refractivity contribution is -0.142. The number of rotatable bonds is 24. The van der Waals surface area contributed by atoms with Crippen molar-refractivity contribution in [2.45, 2.75) is 82.7 Å². The molecule has 0 aliphatic carbocycles. The van der Waals surface area contributed by atoms with Crippen LogP contribution < -0.4 is 43.0 Å². The second-order valence-electron chi connectivity index (χ2n) is 17.5. The molecule has 370 valence electrons. The zero-order valence-corrected chi connectivity index (χ0v) is 38.9. The Kier molecular flexibility index (Phi) is 17.5. The van der Waals surface area contributed by atoms with E-state index < -0.39 is 103 Å². The molecule has 21 nitrogen and oxygen atoms in total. The van der Waals surface area contributed by atoms with Crippen LogP contribution in [0.25, 0.3) is 32.7 Å². The second kappa shape index (κ2) is 23.8. The molecular weight excluding hydrogens is 903 g/mol. The number of benzene rings is 3. The van der Waals surface area contributed by atoms with E-state index >= 15 is 0 Å². The first-order chi connectivity index (χ1) is 33.5. The summed E-state index contributed by atoms with van der Waals surface area (Å²) in [6.07, 6.45) is 5.10. The first kappa shape index (κ1) is 51.4. The highest BCUT2D eigenvalue weighted by Gasteiger charge is 2.32. The molecule has 0 radical (unpaired) electrons. The summed E-state index contributed by atoms with van der Waals surface area (Å²) in [5.41, 5.74) is 9.95. The molecule has 0 unspecified atom stereocenters. The van der Waals surface area contributed by atoms with Crippen LogP contribution in [0.3, 0.4) is 0 Å². The Bertz CT molecular complexity index is 2850. The van der Waals surface area contributed by atoms with Crippen molar-refractivity contribution in [1.82, 2.24) is 52.2 Å². The van der Waals surface area contributed by atoms with E-state index in [1.165, 1.54) is 6.92 Å². The van der Waals surface area contributed by atoms with Gasteiger partial charge in [-0.05, 0) is 54.2 Å². The molecule has 7 amide bonds. The average molecular weight is 962 g/mol. The molecule has 0 saturated heterocycles. The summed E-state index contributed by atoms with van der Waals surface area (Å²) in [7, 11) is 0. The molecule has 6 aromatic rings. The number of aliphatic hydroxyl groups excluding tert-OH is 1. The lowest BCUT2D eigenvalue weighted by atomic mass is 10.0. The van der Waals surface area contributed by atoms with Crippen LogP contribution in [-0.2, 0) is 57.6 Å². The normalized spacial score (nSPS) is 13.9. The van der Waals surface area contributed by atoms with Crippen molar-refractivity contribution in [3.05, 3.63) is 108 Å². The van der Waals surface area contributed by atoms with Crippen LogP contribution in [0.1, 0.15) is 43.9 Å². The van der Waals surface area contributed by atoms with Crippen LogP contribution in [0.15, 0.2) is 91.4 Å².